The lowest BCUT2D eigenvalue weighted by atomic mass is 10.0. The highest BCUT2D eigenvalue weighted by molar-refractivity contribution is 5.91. The lowest BCUT2D eigenvalue weighted by Crippen LogP contribution is -2.45. The Kier molecular flexibility index (Phi) is 5.63. The summed E-state index contributed by atoms with van der Waals surface area (Å²) in [5, 5.41) is 2.88. The van der Waals surface area contributed by atoms with Crippen molar-refractivity contribution in [1.29, 1.82) is 0 Å². The Morgan fingerprint density at radius 1 is 1.21 bits per heavy atom. The number of unbranched alkanes of at least 4 members (excludes halogenated alkanes) is 2. The van der Waals surface area contributed by atoms with Gasteiger partial charge in [0.1, 0.15) is 11.5 Å². The summed E-state index contributed by atoms with van der Waals surface area (Å²) < 4.78 is 11.5. The number of ether oxygens (including phenoxy) is 2. The fourth-order valence-corrected chi connectivity index (χ4v) is 3.13. The summed E-state index contributed by atoms with van der Waals surface area (Å²) in [4.78, 5) is 22.8. The highest BCUT2D eigenvalue weighted by Crippen LogP contribution is 2.32. The van der Waals surface area contributed by atoms with Crippen LogP contribution in [0.25, 0.3) is 0 Å². The van der Waals surface area contributed by atoms with E-state index in [4.69, 9.17) is 9.47 Å². The molecule has 0 radical (unpaired) electrons. The Bertz CT molecular complexity index is 533. The number of rotatable bonds is 6. The number of nitrogens with one attached hydrogen (secondary N) is 1. The van der Waals surface area contributed by atoms with Gasteiger partial charge in [0.2, 0.25) is 0 Å². The van der Waals surface area contributed by atoms with Crippen molar-refractivity contribution in [2.45, 2.75) is 44.8 Å². The smallest absolute Gasteiger partial charge is 0.271 e. The molecule has 1 aromatic rings. The number of nitrogens with zero attached hydrogens (tertiary/aromatic N) is 3. The van der Waals surface area contributed by atoms with Gasteiger partial charge in [-0.2, -0.15) is 0 Å². The van der Waals surface area contributed by atoms with Gasteiger partial charge in [-0.15, -0.1) is 0 Å². The third-order valence-corrected chi connectivity index (χ3v) is 4.60. The van der Waals surface area contributed by atoms with Gasteiger partial charge in [-0.3, -0.25) is 4.79 Å². The highest BCUT2D eigenvalue weighted by Gasteiger charge is 2.40. The molecule has 1 aromatic heterocycles. The van der Waals surface area contributed by atoms with Gasteiger partial charge in [0, 0.05) is 32.5 Å². The van der Waals surface area contributed by atoms with Gasteiger partial charge in [-0.05, 0) is 6.42 Å². The first-order valence-electron chi connectivity index (χ1n) is 8.85. The molecule has 2 aliphatic heterocycles. The molecule has 1 spiro atoms. The minimum atomic E-state index is -0.387. The summed E-state index contributed by atoms with van der Waals surface area (Å²) in [5.41, 5.74) is 0.367. The van der Waals surface area contributed by atoms with E-state index in [9.17, 15) is 4.79 Å². The molecule has 1 N–H and O–H groups in total. The molecule has 2 fully saturated rings. The Balaban J connectivity index is 1.50. The molecule has 24 heavy (non-hydrogen) atoms. The lowest BCUT2D eigenvalue weighted by molar-refractivity contribution is -0.169. The minimum Gasteiger partial charge on any atom is -0.355 e. The molecule has 7 heteroatoms. The zero-order valence-electron chi connectivity index (χ0n) is 14.3. The van der Waals surface area contributed by atoms with E-state index in [1.807, 2.05) is 0 Å². The van der Waals surface area contributed by atoms with Crippen LogP contribution in [0.3, 0.4) is 0 Å². The molecule has 2 saturated heterocycles. The van der Waals surface area contributed by atoms with E-state index in [-0.39, 0.29) is 11.7 Å². The number of carbonyl (C=O) groups is 1. The van der Waals surface area contributed by atoms with E-state index in [0.717, 1.165) is 51.0 Å². The fraction of sp³-hybridized carbons (Fsp3) is 0.706. The number of hydrogen-bond donors (Lipinski definition) is 1. The van der Waals surface area contributed by atoms with E-state index in [1.165, 1.54) is 0 Å². The van der Waals surface area contributed by atoms with E-state index in [2.05, 4.69) is 27.1 Å². The van der Waals surface area contributed by atoms with Crippen molar-refractivity contribution >= 4 is 11.7 Å². The molecule has 0 bridgehead atoms. The van der Waals surface area contributed by atoms with Crippen LogP contribution in [0.15, 0.2) is 12.4 Å². The third kappa shape index (κ3) is 4.02. The van der Waals surface area contributed by atoms with Crippen LogP contribution in [0.5, 0.6) is 0 Å². The molecular formula is C17H26N4O3. The predicted molar refractivity (Wildman–Crippen MR) is 90.0 cm³/mol. The van der Waals surface area contributed by atoms with Crippen LogP contribution < -0.4 is 10.2 Å². The standard InChI is InChI=1S/C17H26N4O3/c1-2-3-4-7-18-16(22)14-12-20-15(13-19-14)21-8-5-17(6-9-21)23-10-11-24-17/h12-13H,2-11H2,1H3,(H,18,22). The molecule has 0 atom stereocenters. The van der Waals surface area contributed by atoms with Crippen molar-refractivity contribution < 1.29 is 14.3 Å². The first kappa shape index (κ1) is 17.1. The van der Waals surface area contributed by atoms with Crippen molar-refractivity contribution in [1.82, 2.24) is 15.3 Å². The van der Waals surface area contributed by atoms with E-state index >= 15 is 0 Å². The van der Waals surface area contributed by atoms with Gasteiger partial charge in [0.05, 0.1) is 25.6 Å². The summed E-state index contributed by atoms with van der Waals surface area (Å²) in [7, 11) is 0. The summed E-state index contributed by atoms with van der Waals surface area (Å²) in [5.74, 6) is 0.253. The molecule has 0 saturated carbocycles. The molecule has 3 heterocycles. The zero-order valence-corrected chi connectivity index (χ0v) is 14.3. The summed E-state index contributed by atoms with van der Waals surface area (Å²) in [6.07, 6.45) is 8.13. The molecular weight excluding hydrogens is 308 g/mol. The maximum atomic E-state index is 12.0. The highest BCUT2D eigenvalue weighted by atomic mass is 16.7. The average Bonchev–Trinajstić information content (AvgIpc) is 3.07. The van der Waals surface area contributed by atoms with E-state index < -0.39 is 0 Å². The van der Waals surface area contributed by atoms with Gasteiger partial charge < -0.3 is 19.7 Å². The second kappa shape index (κ2) is 7.90. The Hall–Kier alpha value is -1.73. The first-order chi connectivity index (χ1) is 11.7. The average molecular weight is 334 g/mol. The van der Waals surface area contributed by atoms with Crippen LogP contribution in [0, 0.1) is 0 Å². The number of carbonyl (C=O) groups excluding carboxylic acids is 1. The number of amides is 1. The van der Waals surface area contributed by atoms with Crippen molar-refractivity contribution in [3.05, 3.63) is 18.1 Å². The zero-order chi connectivity index (χ0) is 16.8. The van der Waals surface area contributed by atoms with Gasteiger partial charge in [-0.1, -0.05) is 19.8 Å². The van der Waals surface area contributed by atoms with Crippen LogP contribution in [-0.2, 0) is 9.47 Å². The Morgan fingerprint density at radius 3 is 2.58 bits per heavy atom. The number of aromatic nitrogens is 2. The summed E-state index contributed by atoms with van der Waals surface area (Å²) in [6, 6.07) is 0. The molecule has 3 rings (SSSR count). The van der Waals surface area contributed by atoms with Crippen LogP contribution >= 0.6 is 0 Å². The fourth-order valence-electron chi connectivity index (χ4n) is 3.13. The Labute approximate surface area is 142 Å². The molecule has 0 unspecified atom stereocenters. The normalized spacial score (nSPS) is 19.6. The molecule has 0 aliphatic carbocycles. The van der Waals surface area contributed by atoms with Gasteiger partial charge in [0.15, 0.2) is 5.79 Å². The molecule has 2 aliphatic rings. The number of hydrogen-bond acceptors (Lipinski definition) is 6. The molecule has 1 amide bonds. The minimum absolute atomic E-state index is 0.157. The summed E-state index contributed by atoms with van der Waals surface area (Å²) >= 11 is 0. The van der Waals surface area contributed by atoms with Crippen molar-refractivity contribution in [2.24, 2.45) is 0 Å². The predicted octanol–water partition coefficient (Wildman–Crippen LogP) is 1.74. The van der Waals surface area contributed by atoms with Gasteiger partial charge in [0.25, 0.3) is 5.91 Å². The largest absolute Gasteiger partial charge is 0.355 e. The second-order valence-electron chi connectivity index (χ2n) is 6.32. The monoisotopic (exact) mass is 334 g/mol. The van der Waals surface area contributed by atoms with Gasteiger partial charge in [-0.25, -0.2) is 9.97 Å². The third-order valence-electron chi connectivity index (χ3n) is 4.60. The lowest BCUT2D eigenvalue weighted by Gasteiger charge is -2.37. The van der Waals surface area contributed by atoms with Crippen molar-refractivity contribution in [3.8, 4) is 0 Å². The van der Waals surface area contributed by atoms with Crippen LogP contribution in [0.2, 0.25) is 0 Å². The van der Waals surface area contributed by atoms with Crippen LogP contribution in [0.1, 0.15) is 49.5 Å². The van der Waals surface area contributed by atoms with Crippen molar-refractivity contribution in [3.63, 3.8) is 0 Å². The number of piperidine rings is 1. The van der Waals surface area contributed by atoms with E-state index in [1.54, 1.807) is 12.4 Å². The van der Waals surface area contributed by atoms with E-state index in [0.29, 0.717) is 25.5 Å². The first-order valence-corrected chi connectivity index (χ1v) is 8.85. The van der Waals surface area contributed by atoms with Crippen LogP contribution in [0.4, 0.5) is 5.82 Å². The molecule has 0 aromatic carbocycles. The van der Waals surface area contributed by atoms with Crippen LogP contribution in [-0.4, -0.2) is 54.5 Å². The summed E-state index contributed by atoms with van der Waals surface area (Å²) in [6.45, 7) is 5.82. The topological polar surface area (TPSA) is 76.6 Å². The van der Waals surface area contributed by atoms with Crippen molar-refractivity contribution in [2.75, 3.05) is 37.7 Å². The SMILES string of the molecule is CCCCCNC(=O)c1cnc(N2CCC3(CC2)OCCO3)cn1. The Morgan fingerprint density at radius 2 is 1.96 bits per heavy atom. The molecule has 7 nitrogen and oxygen atoms in total. The molecule has 132 valence electrons. The maximum Gasteiger partial charge on any atom is 0.271 e. The second-order valence-corrected chi connectivity index (χ2v) is 6.32. The maximum absolute atomic E-state index is 12.0. The van der Waals surface area contributed by atoms with Gasteiger partial charge >= 0.3 is 0 Å². The number of anilines is 1. The quantitative estimate of drug-likeness (QED) is 0.799.